The summed E-state index contributed by atoms with van der Waals surface area (Å²) in [6, 6.07) is 17.0. The molecule has 0 saturated heterocycles. The Hall–Kier alpha value is -3.41. The van der Waals surface area contributed by atoms with Crippen LogP contribution in [0.4, 0.5) is 0 Å². The fourth-order valence-electron chi connectivity index (χ4n) is 2.36. The Labute approximate surface area is 131 Å². The monoisotopic (exact) mass is 304 g/mol. The van der Waals surface area contributed by atoms with Crippen molar-refractivity contribution < 1.29 is 4.74 Å². The van der Waals surface area contributed by atoms with Gasteiger partial charge in [-0.15, -0.1) is 0 Å². The van der Waals surface area contributed by atoms with E-state index in [-0.39, 0.29) is 5.56 Å². The van der Waals surface area contributed by atoms with Gasteiger partial charge in [-0.2, -0.15) is 10.2 Å². The van der Waals surface area contributed by atoms with Crippen molar-refractivity contribution in [3.05, 3.63) is 77.3 Å². The first-order valence-corrected chi connectivity index (χ1v) is 7.06. The van der Waals surface area contributed by atoms with Crippen LogP contribution in [0.3, 0.4) is 0 Å². The number of hydrogen-bond acceptors (Lipinski definition) is 4. The third kappa shape index (κ3) is 2.46. The van der Waals surface area contributed by atoms with Gasteiger partial charge < -0.3 is 4.74 Å². The van der Waals surface area contributed by atoms with Crippen molar-refractivity contribution in [2.45, 2.75) is 0 Å². The summed E-state index contributed by atoms with van der Waals surface area (Å²) >= 11 is 0. The van der Waals surface area contributed by atoms with Gasteiger partial charge in [-0.05, 0) is 36.4 Å². The average molecular weight is 304 g/mol. The highest BCUT2D eigenvalue weighted by Gasteiger charge is 2.08. The number of H-pyrrole nitrogens is 1. The highest BCUT2D eigenvalue weighted by atomic mass is 16.5. The maximum absolute atomic E-state index is 11.7. The molecule has 1 N–H and O–H groups in total. The smallest absolute Gasteiger partial charge is 0.275 e. The van der Waals surface area contributed by atoms with Gasteiger partial charge in [-0.25, -0.2) is 9.78 Å². The molecule has 0 aliphatic heterocycles. The molecule has 0 amide bonds. The fraction of sp³-hybridized carbons (Fsp3) is 0. The molecule has 0 saturated carbocycles. The van der Waals surface area contributed by atoms with Crippen LogP contribution < -0.4 is 10.3 Å². The summed E-state index contributed by atoms with van der Waals surface area (Å²) in [5, 5.41) is 11.0. The zero-order valence-corrected chi connectivity index (χ0v) is 12.0. The van der Waals surface area contributed by atoms with Crippen LogP contribution in [0.2, 0.25) is 0 Å². The molecule has 4 aromatic rings. The van der Waals surface area contributed by atoms with Crippen LogP contribution in [0, 0.1) is 0 Å². The number of hydrogen-bond donors (Lipinski definition) is 1. The van der Waals surface area contributed by atoms with Crippen molar-refractivity contribution in [2.75, 3.05) is 0 Å². The fourth-order valence-corrected chi connectivity index (χ4v) is 2.36. The Morgan fingerprint density at radius 2 is 1.65 bits per heavy atom. The van der Waals surface area contributed by atoms with Gasteiger partial charge in [-0.1, -0.05) is 18.2 Å². The van der Waals surface area contributed by atoms with E-state index in [0.29, 0.717) is 10.9 Å². The standard InChI is InChI=1S/C17H12N4O2/c22-17-15-10-19-21(16(15)11-18-20-17)12-6-8-14(9-7-12)23-13-4-2-1-3-5-13/h1-11H,(H,20,22). The lowest BCUT2D eigenvalue weighted by molar-refractivity contribution is 0.482. The molecule has 0 aliphatic carbocycles. The van der Waals surface area contributed by atoms with Gasteiger partial charge in [0.15, 0.2) is 0 Å². The van der Waals surface area contributed by atoms with E-state index >= 15 is 0 Å². The quantitative estimate of drug-likeness (QED) is 0.631. The van der Waals surface area contributed by atoms with Gasteiger partial charge in [-0.3, -0.25) is 4.79 Å². The first-order chi connectivity index (χ1) is 11.3. The topological polar surface area (TPSA) is 72.8 Å². The first kappa shape index (κ1) is 13.3. The lowest BCUT2D eigenvalue weighted by Gasteiger charge is -2.07. The number of aromatic amines is 1. The molecule has 0 atom stereocenters. The molecule has 0 unspecified atom stereocenters. The molecule has 2 aromatic heterocycles. The van der Waals surface area contributed by atoms with Crippen LogP contribution in [-0.2, 0) is 0 Å². The first-order valence-electron chi connectivity index (χ1n) is 7.06. The van der Waals surface area contributed by atoms with Crippen LogP contribution in [0.15, 0.2) is 71.8 Å². The largest absolute Gasteiger partial charge is 0.457 e. The molecule has 0 bridgehead atoms. The van der Waals surface area contributed by atoms with Gasteiger partial charge in [0.25, 0.3) is 5.56 Å². The van der Waals surface area contributed by atoms with Gasteiger partial charge in [0, 0.05) is 0 Å². The number of nitrogens with one attached hydrogen (secondary N) is 1. The van der Waals surface area contributed by atoms with E-state index in [4.69, 9.17) is 4.74 Å². The Balaban J connectivity index is 1.67. The molecule has 112 valence electrons. The van der Waals surface area contributed by atoms with Crippen LogP contribution in [0.25, 0.3) is 16.6 Å². The van der Waals surface area contributed by atoms with Crippen molar-refractivity contribution in [2.24, 2.45) is 0 Å². The van der Waals surface area contributed by atoms with Crippen LogP contribution in [0.1, 0.15) is 0 Å². The second-order valence-corrected chi connectivity index (χ2v) is 4.96. The SMILES string of the molecule is O=c1[nH]ncc2c1cnn2-c1ccc(Oc2ccccc2)cc1. The number of aromatic nitrogens is 4. The predicted molar refractivity (Wildman–Crippen MR) is 86.0 cm³/mol. The Bertz CT molecular complexity index is 1000. The third-order valence-electron chi connectivity index (χ3n) is 3.46. The zero-order valence-electron chi connectivity index (χ0n) is 12.0. The van der Waals surface area contributed by atoms with E-state index in [1.54, 1.807) is 10.9 Å². The molecule has 0 spiro atoms. The summed E-state index contributed by atoms with van der Waals surface area (Å²) in [6.45, 7) is 0. The van der Waals surface area contributed by atoms with Gasteiger partial charge in [0.2, 0.25) is 0 Å². The highest BCUT2D eigenvalue weighted by molar-refractivity contribution is 5.78. The van der Waals surface area contributed by atoms with E-state index in [2.05, 4.69) is 15.3 Å². The van der Waals surface area contributed by atoms with Crippen molar-refractivity contribution in [1.29, 1.82) is 0 Å². The minimum absolute atomic E-state index is 0.252. The van der Waals surface area contributed by atoms with Crippen molar-refractivity contribution in [1.82, 2.24) is 20.0 Å². The van der Waals surface area contributed by atoms with Crippen LogP contribution in [-0.4, -0.2) is 20.0 Å². The molecule has 23 heavy (non-hydrogen) atoms. The number of fused-ring (bicyclic) bond motifs is 1. The van der Waals surface area contributed by atoms with Gasteiger partial charge >= 0.3 is 0 Å². The highest BCUT2D eigenvalue weighted by Crippen LogP contribution is 2.23. The summed E-state index contributed by atoms with van der Waals surface area (Å²) < 4.78 is 7.43. The number of rotatable bonds is 3. The summed E-state index contributed by atoms with van der Waals surface area (Å²) in [7, 11) is 0. The normalized spacial score (nSPS) is 10.8. The Morgan fingerprint density at radius 1 is 0.913 bits per heavy atom. The zero-order chi connectivity index (χ0) is 15.6. The van der Waals surface area contributed by atoms with Gasteiger partial charge in [0.05, 0.1) is 29.0 Å². The second-order valence-electron chi connectivity index (χ2n) is 4.96. The van der Waals surface area contributed by atoms with Gasteiger partial charge in [0.1, 0.15) is 11.5 Å². The molecule has 6 heteroatoms. The molecule has 6 nitrogen and oxygen atoms in total. The predicted octanol–water partition coefficient (Wildman–Crippen LogP) is 2.90. The van der Waals surface area contributed by atoms with E-state index in [0.717, 1.165) is 17.2 Å². The summed E-state index contributed by atoms with van der Waals surface area (Å²) in [4.78, 5) is 11.7. The number of nitrogens with zero attached hydrogens (tertiary/aromatic N) is 3. The van der Waals surface area contributed by atoms with Crippen LogP contribution in [0.5, 0.6) is 11.5 Å². The lowest BCUT2D eigenvalue weighted by Crippen LogP contribution is -2.07. The molecule has 0 radical (unpaired) electrons. The molecular formula is C17H12N4O2. The second kappa shape index (κ2) is 5.42. The number of ether oxygens (including phenoxy) is 1. The van der Waals surface area contributed by atoms with E-state index in [1.807, 2.05) is 54.6 Å². The molecule has 4 rings (SSSR count). The number of benzene rings is 2. The lowest BCUT2D eigenvalue weighted by atomic mass is 10.3. The molecule has 2 aromatic carbocycles. The van der Waals surface area contributed by atoms with Crippen molar-refractivity contribution in [3.8, 4) is 17.2 Å². The number of para-hydroxylation sites is 1. The summed E-state index contributed by atoms with van der Waals surface area (Å²) in [5.74, 6) is 1.51. The minimum Gasteiger partial charge on any atom is -0.457 e. The van der Waals surface area contributed by atoms with E-state index < -0.39 is 0 Å². The summed E-state index contributed by atoms with van der Waals surface area (Å²) in [5.41, 5.74) is 1.23. The van der Waals surface area contributed by atoms with Crippen molar-refractivity contribution >= 4 is 10.9 Å². The maximum Gasteiger partial charge on any atom is 0.275 e. The minimum atomic E-state index is -0.252. The van der Waals surface area contributed by atoms with Crippen molar-refractivity contribution in [3.63, 3.8) is 0 Å². The van der Waals surface area contributed by atoms with E-state index in [9.17, 15) is 4.79 Å². The third-order valence-corrected chi connectivity index (χ3v) is 3.46. The molecule has 0 fully saturated rings. The molecular weight excluding hydrogens is 292 g/mol. The summed E-state index contributed by atoms with van der Waals surface area (Å²) in [6.07, 6.45) is 3.11. The Kier molecular flexibility index (Phi) is 3.12. The molecule has 2 heterocycles. The average Bonchev–Trinajstić information content (AvgIpc) is 3.02. The van der Waals surface area contributed by atoms with Crippen LogP contribution >= 0.6 is 0 Å². The Morgan fingerprint density at radius 3 is 2.43 bits per heavy atom. The molecule has 0 aliphatic rings. The maximum atomic E-state index is 11.7. The van der Waals surface area contributed by atoms with E-state index in [1.165, 1.54) is 6.20 Å².